The smallest absolute Gasteiger partial charge is 0.279 e. The summed E-state index contributed by atoms with van der Waals surface area (Å²) in [4.78, 5) is 14.8. The molecule has 0 saturated carbocycles. The number of hydrogen-bond acceptors (Lipinski definition) is 5. The average molecular weight is 445 g/mol. The lowest BCUT2D eigenvalue weighted by molar-refractivity contribution is -0.360. The van der Waals surface area contributed by atoms with Crippen molar-refractivity contribution in [1.82, 2.24) is 0 Å². The van der Waals surface area contributed by atoms with Crippen LogP contribution >= 0.6 is 11.9 Å². The molecule has 6 nitrogen and oxygen atoms in total. The quantitative estimate of drug-likeness (QED) is 0.269. The van der Waals surface area contributed by atoms with Gasteiger partial charge in [-0.2, -0.15) is 0 Å². The van der Waals surface area contributed by atoms with Gasteiger partial charge in [-0.3, -0.25) is 4.79 Å². The Bertz CT molecular complexity index is 1030. The van der Waals surface area contributed by atoms with Gasteiger partial charge in [0.15, 0.2) is 0 Å². The number of pyridine rings is 1. The Morgan fingerprint density at radius 3 is 2.39 bits per heavy atom. The molecule has 0 atom stereocenters. The second-order valence-electron chi connectivity index (χ2n) is 6.82. The number of H-pyrrole nitrogens is 1. The largest absolute Gasteiger partial charge is 0.380 e. The highest BCUT2D eigenvalue weighted by molar-refractivity contribution is 8.00. The Labute approximate surface area is 183 Å². The van der Waals surface area contributed by atoms with Crippen LogP contribution in [0.2, 0.25) is 0 Å². The Hall–Kier alpha value is -3.33. The van der Waals surface area contributed by atoms with Crippen molar-refractivity contribution in [3.8, 4) is 0 Å². The molecule has 0 saturated heterocycles. The molecule has 3 rings (SSSR count). The zero-order valence-electron chi connectivity index (χ0n) is 17.0. The number of aromatic amines is 1. The molecule has 3 aromatic rings. The molecule has 1 amide bonds. The number of carbonyl (C=O) groups is 1. The van der Waals surface area contributed by atoms with Crippen molar-refractivity contribution in [3.63, 3.8) is 0 Å². The van der Waals surface area contributed by atoms with Gasteiger partial charge in [-0.1, -0.05) is 18.9 Å². The lowest BCUT2D eigenvalue weighted by atomic mass is 10.1. The molecular weight excluding hydrogens is 420 g/mol. The number of rotatable bonds is 10. The van der Waals surface area contributed by atoms with E-state index in [0.29, 0.717) is 17.1 Å². The fourth-order valence-corrected chi connectivity index (χ4v) is 3.45. The van der Waals surface area contributed by atoms with E-state index in [1.165, 1.54) is 18.3 Å². The van der Waals surface area contributed by atoms with Crippen LogP contribution < -0.4 is 26.1 Å². The van der Waals surface area contributed by atoms with Crippen molar-refractivity contribution in [2.75, 3.05) is 21.1 Å². The van der Waals surface area contributed by atoms with Crippen LogP contribution in [0, 0.1) is 11.6 Å². The fraction of sp³-hybridized carbons (Fsp3) is 0.182. The van der Waals surface area contributed by atoms with E-state index in [9.17, 15) is 13.6 Å². The third kappa shape index (κ3) is 6.58. The molecule has 1 heterocycles. The summed E-state index contributed by atoms with van der Waals surface area (Å²) in [6.07, 6.45) is 2.58. The van der Waals surface area contributed by atoms with Gasteiger partial charge in [-0.15, -0.1) is 0 Å². The number of amides is 1. The Kier molecular flexibility index (Phi) is 7.66. The maximum Gasteiger partial charge on any atom is 0.279 e. The van der Waals surface area contributed by atoms with E-state index in [1.807, 2.05) is 24.3 Å². The second-order valence-corrected chi connectivity index (χ2v) is 7.72. The van der Waals surface area contributed by atoms with Crippen LogP contribution in [-0.2, 0) is 6.54 Å². The van der Waals surface area contributed by atoms with Crippen LogP contribution in [0.3, 0.4) is 0 Å². The van der Waals surface area contributed by atoms with Gasteiger partial charge < -0.3 is 15.8 Å². The summed E-state index contributed by atoms with van der Waals surface area (Å²) in [6, 6.07) is 12.7. The van der Waals surface area contributed by atoms with E-state index < -0.39 is 17.5 Å². The van der Waals surface area contributed by atoms with Gasteiger partial charge >= 0.3 is 0 Å². The molecule has 0 spiro atoms. The average Bonchev–Trinajstić information content (AvgIpc) is 2.73. The van der Waals surface area contributed by atoms with Gasteiger partial charge in [0.2, 0.25) is 0 Å². The number of nitrogens with one attached hydrogen (secondary N) is 4. The first kappa shape index (κ1) is 22.4. The molecule has 0 aliphatic carbocycles. The number of halogens is 2. The first-order valence-electron chi connectivity index (χ1n) is 9.74. The monoisotopic (exact) mass is 444 g/mol. The molecule has 2 aromatic carbocycles. The van der Waals surface area contributed by atoms with Crippen LogP contribution in [-0.4, -0.2) is 11.7 Å². The Balaban J connectivity index is 1.72. The number of benzene rings is 2. The first-order valence-corrected chi connectivity index (χ1v) is 10.7. The normalized spacial score (nSPS) is 10.5. The number of nitrogens with two attached hydrogens (primary N) is 1. The van der Waals surface area contributed by atoms with Crippen molar-refractivity contribution in [3.05, 3.63) is 77.5 Å². The summed E-state index contributed by atoms with van der Waals surface area (Å²) in [7, 11) is 0. The van der Waals surface area contributed by atoms with Gasteiger partial charge in [0.05, 0.1) is 11.8 Å². The van der Waals surface area contributed by atoms with Gasteiger partial charge in [0.1, 0.15) is 29.1 Å². The van der Waals surface area contributed by atoms with Gasteiger partial charge in [-0.25, -0.2) is 19.1 Å². The zero-order chi connectivity index (χ0) is 22.2. The third-order valence-electron chi connectivity index (χ3n) is 4.28. The highest BCUT2D eigenvalue weighted by atomic mass is 32.2. The van der Waals surface area contributed by atoms with E-state index in [1.54, 1.807) is 18.0 Å². The van der Waals surface area contributed by atoms with E-state index in [4.69, 9.17) is 5.73 Å². The summed E-state index contributed by atoms with van der Waals surface area (Å²) < 4.78 is 30.1. The van der Waals surface area contributed by atoms with E-state index in [2.05, 4.69) is 27.3 Å². The zero-order valence-corrected chi connectivity index (χ0v) is 17.8. The summed E-state index contributed by atoms with van der Waals surface area (Å²) in [6.45, 7) is 2.25. The molecule has 0 bridgehead atoms. The molecule has 162 valence electrons. The molecule has 6 N–H and O–H groups in total. The minimum absolute atomic E-state index is 0.119. The number of primary amides is 1. The van der Waals surface area contributed by atoms with Crippen molar-refractivity contribution in [1.29, 1.82) is 0 Å². The fourth-order valence-electron chi connectivity index (χ4n) is 2.84. The van der Waals surface area contributed by atoms with Crippen LogP contribution in [0.4, 0.5) is 31.7 Å². The number of anilines is 4. The summed E-state index contributed by atoms with van der Waals surface area (Å²) in [5.74, 6) is -0.322. The standard InChI is InChI=1S/C22H23F2N5OS/c1-2-7-31-29-18-5-3-17(4-6-18)28-21-11-20(19(13-27-21)22(25)30)26-12-14-8-15(23)10-16(24)9-14/h3-6,8-11,13,29H,2,7,12H2,1H3,(H2,25,30)(H2,26,27,28)/p+1. The second kappa shape index (κ2) is 10.6. The Morgan fingerprint density at radius 1 is 1.06 bits per heavy atom. The topological polar surface area (TPSA) is 93.3 Å². The molecule has 9 heteroatoms. The SMILES string of the molecule is CCCSNc1ccc(Nc2cc(NCc3cc(F)cc(F)c3)c(C(N)=O)c[nH+]2)cc1. The summed E-state index contributed by atoms with van der Waals surface area (Å²) >= 11 is 1.65. The van der Waals surface area contributed by atoms with E-state index in [0.717, 1.165) is 29.6 Å². The number of hydrogen-bond donors (Lipinski definition) is 4. The predicted octanol–water partition coefficient (Wildman–Crippen LogP) is 4.70. The van der Waals surface area contributed by atoms with Gasteiger partial charge in [0, 0.05) is 24.1 Å². The third-order valence-corrected chi connectivity index (χ3v) is 5.27. The molecule has 0 fully saturated rings. The van der Waals surface area contributed by atoms with Crippen LogP contribution in [0.1, 0.15) is 29.3 Å². The summed E-state index contributed by atoms with van der Waals surface area (Å²) in [5, 5.41) is 6.24. The van der Waals surface area contributed by atoms with Crippen molar-refractivity contribution >= 4 is 40.7 Å². The predicted molar refractivity (Wildman–Crippen MR) is 121 cm³/mol. The van der Waals surface area contributed by atoms with E-state index >= 15 is 0 Å². The van der Waals surface area contributed by atoms with Crippen molar-refractivity contribution in [2.45, 2.75) is 19.9 Å². The maximum atomic E-state index is 13.4. The molecule has 0 aliphatic rings. The Morgan fingerprint density at radius 2 is 1.74 bits per heavy atom. The van der Waals surface area contributed by atoms with Gasteiger partial charge in [-0.05, 0) is 48.4 Å². The van der Waals surface area contributed by atoms with E-state index in [-0.39, 0.29) is 12.1 Å². The lowest BCUT2D eigenvalue weighted by Crippen LogP contribution is -2.20. The van der Waals surface area contributed by atoms with Crippen LogP contribution in [0.5, 0.6) is 0 Å². The molecule has 0 unspecified atom stereocenters. The van der Waals surface area contributed by atoms with Crippen LogP contribution in [0.25, 0.3) is 0 Å². The highest BCUT2D eigenvalue weighted by Crippen LogP contribution is 2.22. The molecule has 0 aliphatic heterocycles. The first-order chi connectivity index (χ1) is 14.9. The number of carbonyl (C=O) groups excluding carboxylic acids is 1. The van der Waals surface area contributed by atoms with Crippen LogP contribution in [0.15, 0.2) is 54.7 Å². The lowest BCUT2D eigenvalue weighted by Gasteiger charge is -2.11. The van der Waals surface area contributed by atoms with Gasteiger partial charge in [0.25, 0.3) is 11.7 Å². The highest BCUT2D eigenvalue weighted by Gasteiger charge is 2.14. The maximum absolute atomic E-state index is 13.4. The summed E-state index contributed by atoms with van der Waals surface area (Å²) in [5.41, 5.74) is 8.37. The molecule has 0 radical (unpaired) electrons. The number of aromatic nitrogens is 1. The van der Waals surface area contributed by atoms with Crippen molar-refractivity contribution in [2.24, 2.45) is 5.73 Å². The molecular formula is C22H24F2N5OS+. The minimum atomic E-state index is -0.665. The van der Waals surface area contributed by atoms with Crippen molar-refractivity contribution < 1.29 is 18.6 Å². The minimum Gasteiger partial charge on any atom is -0.380 e. The molecule has 1 aromatic heterocycles. The molecule has 31 heavy (non-hydrogen) atoms.